The molecule has 0 saturated heterocycles. The summed E-state index contributed by atoms with van der Waals surface area (Å²) in [5, 5.41) is 48.7. The molecule has 0 saturated carbocycles. The number of aromatic hydroxyl groups is 1. The Morgan fingerprint density at radius 2 is 1.01 bits per heavy atom. The number of aryl methyl sites for hydroxylation is 3. The van der Waals surface area contributed by atoms with Crippen LogP contribution >= 0.6 is 10.6 Å². The van der Waals surface area contributed by atoms with Crippen molar-refractivity contribution >= 4 is 98.5 Å². The van der Waals surface area contributed by atoms with E-state index in [0.29, 0.717) is 62.3 Å². The van der Waals surface area contributed by atoms with Crippen molar-refractivity contribution in [2.75, 3.05) is 19.5 Å². The maximum atomic E-state index is 12.6. The van der Waals surface area contributed by atoms with E-state index in [2.05, 4.69) is 60.0 Å². The maximum Gasteiger partial charge on any atom is 0.296 e. The second-order valence-corrected chi connectivity index (χ2v) is 20.0. The lowest BCUT2D eigenvalue weighted by atomic mass is 10.1. The molecule has 0 fully saturated rings. The number of benzene rings is 7. The van der Waals surface area contributed by atoms with Gasteiger partial charge >= 0.3 is 0 Å². The van der Waals surface area contributed by atoms with Crippen molar-refractivity contribution in [1.29, 1.82) is 0 Å². The number of azo groups is 4. The largest absolute Gasteiger partial charge is 0.505 e. The summed E-state index contributed by atoms with van der Waals surface area (Å²) in [6, 6.07) is 28.8. The number of anilines is 2. The van der Waals surface area contributed by atoms with Crippen LogP contribution in [0.4, 0.5) is 56.9 Å². The van der Waals surface area contributed by atoms with Gasteiger partial charge in [-0.05, 0) is 152 Å². The lowest BCUT2D eigenvalue weighted by molar-refractivity contribution is 0.415. The summed E-state index contributed by atoms with van der Waals surface area (Å²) in [5.41, 5.74) is 4.49. The monoisotopic (exact) mass is 1030 g/mol. The summed E-state index contributed by atoms with van der Waals surface area (Å²) in [7, 11) is -11.0. The number of hydrogen-bond acceptors (Lipinski definition) is 22. The lowest BCUT2D eigenvalue weighted by Crippen LogP contribution is -2.00. The highest BCUT2D eigenvalue weighted by molar-refractivity contribution is 8.30. The van der Waals surface area contributed by atoms with E-state index in [1.807, 2.05) is 0 Å². The minimum Gasteiger partial charge on any atom is -0.505 e. The first-order valence-electron chi connectivity index (χ1n) is 20.5. The fraction of sp³-hybridized carbons (Fsp3) is 0.111. The summed E-state index contributed by atoms with van der Waals surface area (Å²) in [6.45, 7) is 5.21. The SMILES string of the molecule is COc1ccc(Nc2ccc3c(O)c(N=Nc4cc(C)c(N=Nc5ccc(N=Nc6ccc(N=Nc7ccc(S(N=O)(N=O)N=O)cc7S(=O)(=O)O)c(C)c6)c(C)c5)cc4OC)c(S(=O)(=O)O)cc3c2)cc1. The first-order chi connectivity index (χ1) is 34.3. The van der Waals surface area contributed by atoms with Crippen molar-refractivity contribution in [3.63, 3.8) is 0 Å². The van der Waals surface area contributed by atoms with Gasteiger partial charge in [-0.15, -0.1) is 30.1 Å². The van der Waals surface area contributed by atoms with Gasteiger partial charge in [0.2, 0.25) is 0 Å². The van der Waals surface area contributed by atoms with E-state index < -0.39 is 56.9 Å². The van der Waals surface area contributed by atoms with Gasteiger partial charge in [0.25, 0.3) is 20.2 Å². The van der Waals surface area contributed by atoms with Gasteiger partial charge in [-0.1, -0.05) is 0 Å². The maximum absolute atomic E-state index is 12.6. The van der Waals surface area contributed by atoms with Crippen molar-refractivity contribution in [2.45, 2.75) is 35.5 Å². The Morgan fingerprint density at radius 1 is 0.486 bits per heavy atom. The van der Waals surface area contributed by atoms with Gasteiger partial charge < -0.3 is 19.9 Å². The second kappa shape index (κ2) is 21.2. The van der Waals surface area contributed by atoms with Gasteiger partial charge in [-0.2, -0.15) is 42.4 Å². The van der Waals surface area contributed by atoms with Crippen LogP contribution in [0.2, 0.25) is 0 Å². The van der Waals surface area contributed by atoms with Crippen LogP contribution in [0, 0.1) is 35.5 Å². The van der Waals surface area contributed by atoms with Crippen molar-refractivity contribution < 1.29 is 40.5 Å². The number of nitrogens with one attached hydrogen (secondary N) is 1. The molecule has 0 aromatic heterocycles. The third kappa shape index (κ3) is 11.4. The Bertz CT molecular complexity index is 3650. The Hall–Kier alpha value is -8.63. The number of nitrogens with zero attached hydrogens (tertiary/aromatic N) is 11. The van der Waals surface area contributed by atoms with E-state index in [-0.39, 0.29) is 28.2 Å². The number of phenolic OH excluding ortho intramolecular Hbond substituents is 1. The van der Waals surface area contributed by atoms with Crippen LogP contribution < -0.4 is 14.8 Å². The van der Waals surface area contributed by atoms with Gasteiger partial charge in [0.15, 0.2) is 16.3 Å². The minimum absolute atomic E-state index is 0.155. The number of rotatable bonds is 18. The van der Waals surface area contributed by atoms with Gasteiger partial charge in [0, 0.05) is 36.6 Å². The molecule has 0 aliphatic heterocycles. The average Bonchev–Trinajstić information content (AvgIpc) is 3.35. The lowest BCUT2D eigenvalue weighted by Gasteiger charge is -2.14. The van der Waals surface area contributed by atoms with Crippen LogP contribution in [0.15, 0.2) is 185 Å². The molecule has 27 heteroatoms. The van der Waals surface area contributed by atoms with Crippen LogP contribution in [0.1, 0.15) is 16.7 Å². The van der Waals surface area contributed by atoms with Crippen molar-refractivity contribution in [3.8, 4) is 17.2 Å². The first-order valence-corrected chi connectivity index (χ1v) is 24.9. The molecule has 368 valence electrons. The topological polar surface area (TPSA) is 347 Å². The summed E-state index contributed by atoms with van der Waals surface area (Å²) in [6.07, 6.45) is 0. The molecular weight excluding hydrogens is 997 g/mol. The van der Waals surface area contributed by atoms with Gasteiger partial charge in [0.1, 0.15) is 38.4 Å². The summed E-state index contributed by atoms with van der Waals surface area (Å²) in [5.74, 6) is 0.323. The molecule has 7 aromatic carbocycles. The van der Waals surface area contributed by atoms with E-state index in [0.717, 1.165) is 17.8 Å². The molecule has 0 heterocycles. The zero-order chi connectivity index (χ0) is 52.0. The zero-order valence-electron chi connectivity index (χ0n) is 38.1. The summed E-state index contributed by atoms with van der Waals surface area (Å²) >= 11 is 0. The fourth-order valence-corrected chi connectivity index (χ4v) is 9.01. The summed E-state index contributed by atoms with van der Waals surface area (Å²) < 4.78 is 87.3. The van der Waals surface area contributed by atoms with E-state index in [9.17, 15) is 45.8 Å². The third-order valence-electron chi connectivity index (χ3n) is 10.5. The normalized spacial score (nSPS) is 12.5. The van der Waals surface area contributed by atoms with Gasteiger partial charge in [-0.25, -0.2) is 0 Å². The zero-order valence-corrected chi connectivity index (χ0v) is 40.6. The molecule has 7 aromatic rings. The number of phenols is 1. The van der Waals surface area contributed by atoms with Gasteiger partial charge in [0.05, 0.1) is 47.6 Å². The summed E-state index contributed by atoms with van der Waals surface area (Å²) in [4.78, 5) is 31.5. The standard InChI is InChI=1S/C45H38N12O12S3/c1-25-18-32(9-15-36(25)49-47-31-10-16-37(26(2)19-31)50-51-38-17-13-34(23-42(38)71(62,63)64)70(55-59,56-60)57-61)48-52-39-24-41(69-5)40(20-27(39)3)53-54-44-43(72(65,66)67)22-28-21-30(8-14-35(28)45(44)58)46-29-6-11-33(68-4)12-7-29/h6-24,46,58H,1-5H3,(H,62,63,64)(H,65,66,67). The Kier molecular flexibility index (Phi) is 15.1. The van der Waals surface area contributed by atoms with Crippen LogP contribution in [-0.4, -0.2) is 45.3 Å². The van der Waals surface area contributed by atoms with Crippen molar-refractivity contribution in [2.24, 2.45) is 54.7 Å². The highest BCUT2D eigenvalue weighted by Crippen LogP contribution is 2.60. The van der Waals surface area contributed by atoms with Crippen molar-refractivity contribution in [3.05, 3.63) is 147 Å². The number of nitroso groups, excluding NO2 is 3. The molecular formula is C45H38N12O12S3. The molecule has 24 nitrogen and oxygen atoms in total. The molecule has 0 spiro atoms. The number of hydrogen-bond donors (Lipinski definition) is 4. The average molecular weight is 1040 g/mol. The van der Waals surface area contributed by atoms with Gasteiger partial charge in [-0.3, -0.25) is 9.11 Å². The molecule has 0 amide bonds. The molecule has 72 heavy (non-hydrogen) atoms. The molecule has 4 N–H and O–H groups in total. The van der Waals surface area contributed by atoms with Crippen molar-refractivity contribution in [1.82, 2.24) is 0 Å². The first kappa shape index (κ1) is 51.2. The predicted octanol–water partition coefficient (Wildman–Crippen LogP) is 14.6. The van der Waals surface area contributed by atoms with Crippen LogP contribution in [0.25, 0.3) is 10.8 Å². The highest BCUT2D eigenvalue weighted by atomic mass is 32.3. The Labute approximate surface area is 410 Å². The molecule has 0 aliphatic rings. The quantitative estimate of drug-likeness (QED) is 0.0353. The predicted molar refractivity (Wildman–Crippen MR) is 268 cm³/mol. The minimum atomic E-state index is -5.00. The second-order valence-electron chi connectivity index (χ2n) is 15.2. The number of methoxy groups -OCH3 is 2. The molecule has 0 radical (unpaired) electrons. The van der Waals surface area contributed by atoms with E-state index in [4.69, 9.17) is 9.47 Å². The Balaban J connectivity index is 1.06. The molecule has 0 bridgehead atoms. The van der Waals surface area contributed by atoms with E-state index in [1.165, 1.54) is 19.2 Å². The molecule has 7 rings (SSSR count). The highest BCUT2D eigenvalue weighted by Gasteiger charge is 2.33. The number of ether oxygens (including phenoxy) is 2. The number of fused-ring (bicyclic) bond motifs is 1. The van der Waals surface area contributed by atoms with E-state index >= 15 is 0 Å². The van der Waals surface area contributed by atoms with E-state index in [1.54, 1.807) is 113 Å². The smallest absolute Gasteiger partial charge is 0.296 e. The molecule has 0 unspecified atom stereocenters. The van der Waals surface area contributed by atoms with Crippen LogP contribution in [0.5, 0.6) is 17.2 Å². The molecule has 0 aliphatic carbocycles. The molecule has 0 atom stereocenters. The fourth-order valence-electron chi connectivity index (χ4n) is 6.76. The van der Waals surface area contributed by atoms with Crippen LogP contribution in [-0.2, 0) is 20.2 Å². The Morgan fingerprint density at radius 3 is 1.57 bits per heavy atom. The third-order valence-corrected chi connectivity index (χ3v) is 13.7. The van der Waals surface area contributed by atoms with Crippen LogP contribution in [0.3, 0.4) is 0 Å².